The maximum atomic E-state index is 9.66. The molecule has 0 amide bonds. The van der Waals surface area contributed by atoms with Gasteiger partial charge in [-0.1, -0.05) is 30.3 Å². The molecule has 1 heterocycles. The van der Waals surface area contributed by atoms with Crippen LogP contribution >= 0.6 is 24.8 Å². The highest BCUT2D eigenvalue weighted by atomic mass is 35.5. The topological polar surface area (TPSA) is 49.5 Å². The zero-order valence-corrected chi connectivity index (χ0v) is 11.3. The zero-order chi connectivity index (χ0) is 10.7. The van der Waals surface area contributed by atoms with Crippen LogP contribution in [0, 0.1) is 0 Å². The minimum absolute atomic E-state index is 0. The first-order valence-corrected chi connectivity index (χ1v) is 5.45. The summed E-state index contributed by atoms with van der Waals surface area (Å²) in [6, 6.07) is 10.3. The molecule has 0 aliphatic carbocycles. The summed E-state index contributed by atoms with van der Waals surface area (Å²) in [7, 11) is 0. The molecule has 98 valence electrons. The summed E-state index contributed by atoms with van der Waals surface area (Å²) in [5, 5.41) is 9.66. The third-order valence-electron chi connectivity index (χ3n) is 2.97. The van der Waals surface area contributed by atoms with Gasteiger partial charge in [-0.3, -0.25) is 4.90 Å². The number of piperidine rings is 1. The van der Waals surface area contributed by atoms with E-state index in [1.54, 1.807) is 0 Å². The predicted octanol–water partition coefficient (Wildman–Crippen LogP) is 1.42. The third kappa shape index (κ3) is 4.82. The minimum atomic E-state index is -0.373. The van der Waals surface area contributed by atoms with Crippen LogP contribution in [0.1, 0.15) is 12.0 Å². The van der Waals surface area contributed by atoms with E-state index in [2.05, 4.69) is 17.0 Å². The lowest BCUT2D eigenvalue weighted by Gasteiger charge is -2.34. The Morgan fingerprint density at radius 1 is 1.24 bits per heavy atom. The second-order valence-corrected chi connectivity index (χ2v) is 4.24. The molecule has 1 saturated heterocycles. The molecule has 1 aromatic carbocycles. The van der Waals surface area contributed by atoms with Gasteiger partial charge in [-0.15, -0.1) is 24.8 Å². The first kappa shape index (κ1) is 16.7. The average Bonchev–Trinajstić information content (AvgIpc) is 2.25. The Labute approximate surface area is 115 Å². The molecule has 3 nitrogen and oxygen atoms in total. The largest absolute Gasteiger partial charge is 0.390 e. The van der Waals surface area contributed by atoms with E-state index in [0.29, 0.717) is 6.54 Å². The van der Waals surface area contributed by atoms with Crippen molar-refractivity contribution in [1.29, 1.82) is 0 Å². The summed E-state index contributed by atoms with van der Waals surface area (Å²) in [6.45, 7) is 2.58. The summed E-state index contributed by atoms with van der Waals surface area (Å²) in [4.78, 5) is 2.25. The number of halogens is 2. The van der Waals surface area contributed by atoms with Crippen molar-refractivity contribution < 1.29 is 5.11 Å². The van der Waals surface area contributed by atoms with Crippen LogP contribution in [0.3, 0.4) is 0 Å². The Morgan fingerprint density at radius 2 is 1.88 bits per heavy atom. The fourth-order valence-corrected chi connectivity index (χ4v) is 2.00. The number of β-amino-alcohol motifs (C(OH)–C–C–N with tert-alkyl or cyclic N) is 1. The van der Waals surface area contributed by atoms with Crippen LogP contribution < -0.4 is 5.73 Å². The van der Waals surface area contributed by atoms with Gasteiger partial charge in [0.05, 0.1) is 6.10 Å². The number of aliphatic hydroxyl groups is 1. The molecule has 0 aromatic heterocycles. The lowest BCUT2D eigenvalue weighted by Crippen LogP contribution is -2.50. The van der Waals surface area contributed by atoms with Crippen molar-refractivity contribution in [2.45, 2.75) is 25.1 Å². The lowest BCUT2D eigenvalue weighted by atomic mass is 10.0. The number of benzene rings is 1. The molecular formula is C12H20Cl2N2O. The van der Waals surface area contributed by atoms with Crippen LogP contribution in [-0.2, 0) is 6.54 Å². The first-order valence-electron chi connectivity index (χ1n) is 5.45. The molecule has 3 N–H and O–H groups in total. The second-order valence-electron chi connectivity index (χ2n) is 4.24. The quantitative estimate of drug-likeness (QED) is 0.861. The molecule has 1 aliphatic heterocycles. The standard InChI is InChI=1S/C12H18N2O.2ClH/c13-11-6-7-14(9-12(11)15)8-10-4-2-1-3-5-10;;/h1-5,11-12,15H,6-9,13H2;2*1H/t11-,12+;;/m1../s1. The van der Waals surface area contributed by atoms with E-state index in [1.165, 1.54) is 5.56 Å². The molecule has 5 heteroatoms. The number of nitrogens with zero attached hydrogens (tertiary/aromatic N) is 1. The summed E-state index contributed by atoms with van der Waals surface area (Å²) in [6.07, 6.45) is 0.510. The second kappa shape index (κ2) is 7.90. The van der Waals surface area contributed by atoms with E-state index in [4.69, 9.17) is 5.73 Å². The van der Waals surface area contributed by atoms with Gasteiger partial charge in [0, 0.05) is 25.7 Å². The maximum absolute atomic E-state index is 9.66. The van der Waals surface area contributed by atoms with Gasteiger partial charge in [-0.25, -0.2) is 0 Å². The molecule has 2 atom stereocenters. The summed E-state index contributed by atoms with van der Waals surface area (Å²) in [5.41, 5.74) is 7.05. The van der Waals surface area contributed by atoms with Gasteiger partial charge < -0.3 is 10.8 Å². The van der Waals surface area contributed by atoms with Gasteiger partial charge in [0.1, 0.15) is 0 Å². The van der Waals surface area contributed by atoms with Crippen LogP contribution in [0.4, 0.5) is 0 Å². The van der Waals surface area contributed by atoms with Crippen LogP contribution in [0.15, 0.2) is 30.3 Å². The van der Waals surface area contributed by atoms with Crippen molar-refractivity contribution in [1.82, 2.24) is 4.90 Å². The molecule has 2 rings (SSSR count). The normalized spacial score (nSPS) is 24.6. The van der Waals surface area contributed by atoms with Crippen molar-refractivity contribution in [3.8, 4) is 0 Å². The molecular weight excluding hydrogens is 259 g/mol. The van der Waals surface area contributed by atoms with Crippen molar-refractivity contribution >= 4 is 24.8 Å². The maximum Gasteiger partial charge on any atom is 0.0818 e. The smallest absolute Gasteiger partial charge is 0.0818 e. The Morgan fingerprint density at radius 3 is 2.47 bits per heavy atom. The van der Waals surface area contributed by atoms with Crippen LogP contribution in [-0.4, -0.2) is 35.2 Å². The SMILES string of the molecule is Cl.Cl.N[C@@H]1CCN(Cc2ccccc2)C[C@@H]1O. The van der Waals surface area contributed by atoms with Crippen LogP contribution in [0.2, 0.25) is 0 Å². The molecule has 0 unspecified atom stereocenters. The Hall–Kier alpha value is -0.320. The van der Waals surface area contributed by atoms with Gasteiger partial charge in [0.15, 0.2) is 0 Å². The number of nitrogens with two attached hydrogens (primary N) is 1. The first-order chi connectivity index (χ1) is 7.25. The Bertz CT molecular complexity index is 311. The highest BCUT2D eigenvalue weighted by molar-refractivity contribution is 5.85. The molecule has 1 fully saturated rings. The molecule has 17 heavy (non-hydrogen) atoms. The third-order valence-corrected chi connectivity index (χ3v) is 2.97. The fraction of sp³-hybridized carbons (Fsp3) is 0.500. The van der Waals surface area contributed by atoms with Crippen molar-refractivity contribution in [3.05, 3.63) is 35.9 Å². The van der Waals surface area contributed by atoms with E-state index >= 15 is 0 Å². The Kier molecular flexibility index (Phi) is 7.75. The lowest BCUT2D eigenvalue weighted by molar-refractivity contribution is 0.0499. The van der Waals surface area contributed by atoms with Crippen molar-refractivity contribution in [3.63, 3.8) is 0 Å². The summed E-state index contributed by atoms with van der Waals surface area (Å²) in [5.74, 6) is 0. The fourth-order valence-electron chi connectivity index (χ4n) is 2.00. The highest BCUT2D eigenvalue weighted by Gasteiger charge is 2.24. The molecule has 0 saturated carbocycles. The van der Waals surface area contributed by atoms with Gasteiger partial charge in [0.25, 0.3) is 0 Å². The van der Waals surface area contributed by atoms with Crippen LogP contribution in [0.25, 0.3) is 0 Å². The van der Waals surface area contributed by atoms with Gasteiger partial charge >= 0.3 is 0 Å². The number of rotatable bonds is 2. The van der Waals surface area contributed by atoms with E-state index in [1.807, 2.05) is 18.2 Å². The molecule has 0 bridgehead atoms. The van der Waals surface area contributed by atoms with E-state index in [0.717, 1.165) is 19.5 Å². The number of hydrogen-bond acceptors (Lipinski definition) is 3. The molecule has 0 spiro atoms. The van der Waals surface area contributed by atoms with E-state index in [9.17, 15) is 5.11 Å². The van der Waals surface area contributed by atoms with Gasteiger partial charge in [-0.2, -0.15) is 0 Å². The summed E-state index contributed by atoms with van der Waals surface area (Å²) < 4.78 is 0. The molecule has 0 radical (unpaired) electrons. The molecule has 1 aromatic rings. The van der Waals surface area contributed by atoms with Crippen molar-refractivity contribution in [2.24, 2.45) is 5.73 Å². The number of likely N-dealkylation sites (tertiary alicyclic amines) is 1. The minimum Gasteiger partial charge on any atom is -0.390 e. The number of hydrogen-bond donors (Lipinski definition) is 2. The van der Waals surface area contributed by atoms with E-state index in [-0.39, 0.29) is 37.0 Å². The van der Waals surface area contributed by atoms with Gasteiger partial charge in [0.2, 0.25) is 0 Å². The monoisotopic (exact) mass is 278 g/mol. The Balaban J connectivity index is 0.00000128. The predicted molar refractivity (Wildman–Crippen MR) is 74.8 cm³/mol. The van der Waals surface area contributed by atoms with E-state index < -0.39 is 0 Å². The highest BCUT2D eigenvalue weighted by Crippen LogP contribution is 2.12. The zero-order valence-electron chi connectivity index (χ0n) is 9.66. The van der Waals surface area contributed by atoms with Crippen LogP contribution in [0.5, 0.6) is 0 Å². The number of aliphatic hydroxyl groups excluding tert-OH is 1. The van der Waals surface area contributed by atoms with Gasteiger partial charge in [-0.05, 0) is 12.0 Å². The molecule has 1 aliphatic rings. The summed E-state index contributed by atoms with van der Waals surface area (Å²) >= 11 is 0. The van der Waals surface area contributed by atoms with Crippen molar-refractivity contribution in [2.75, 3.05) is 13.1 Å². The average molecular weight is 279 g/mol.